The molecule has 0 saturated carbocycles. The van der Waals surface area contributed by atoms with Gasteiger partial charge < -0.3 is 10.4 Å². The summed E-state index contributed by atoms with van der Waals surface area (Å²) in [6.45, 7) is 3.70. The highest BCUT2D eigenvalue weighted by molar-refractivity contribution is 9.11. The highest BCUT2D eigenvalue weighted by atomic mass is 79.9. The van der Waals surface area contributed by atoms with E-state index in [9.17, 15) is 9.90 Å². The Morgan fingerprint density at radius 1 is 1.23 bits per heavy atom. The molecule has 0 aliphatic heterocycles. The van der Waals surface area contributed by atoms with Gasteiger partial charge in [0.2, 0.25) is 0 Å². The molecule has 1 amide bonds. The number of aromatic hydroxyl groups is 1. The molecular weight excluding hydrogens is 530 g/mol. The molecule has 0 spiro atoms. The van der Waals surface area contributed by atoms with E-state index >= 15 is 0 Å². The van der Waals surface area contributed by atoms with Crippen LogP contribution in [0.4, 0.5) is 5.69 Å². The summed E-state index contributed by atoms with van der Waals surface area (Å²) in [4.78, 5) is 11.9. The smallest absolute Gasteiger partial charge is 0.259 e. The van der Waals surface area contributed by atoms with Crippen molar-refractivity contribution in [2.45, 2.75) is 6.42 Å². The van der Waals surface area contributed by atoms with E-state index in [0.29, 0.717) is 12.0 Å². The van der Waals surface area contributed by atoms with Crippen LogP contribution < -0.4 is 10.7 Å². The predicted octanol–water partition coefficient (Wildman–Crippen LogP) is 4.97. The van der Waals surface area contributed by atoms with E-state index in [1.165, 1.54) is 6.21 Å². The van der Waals surface area contributed by atoms with E-state index in [4.69, 9.17) is 0 Å². The zero-order chi connectivity index (χ0) is 19.1. The summed E-state index contributed by atoms with van der Waals surface area (Å²) in [7, 11) is 0. The SMILES string of the molecule is C=CCc1cccc(/C=N/NC(=O)CNc2c(Br)cc(Br)cc2Br)c1O. The highest BCUT2D eigenvalue weighted by Gasteiger charge is 2.08. The van der Waals surface area contributed by atoms with E-state index < -0.39 is 0 Å². The van der Waals surface area contributed by atoms with Crippen molar-refractivity contribution < 1.29 is 9.90 Å². The van der Waals surface area contributed by atoms with Crippen LogP contribution >= 0.6 is 47.8 Å². The second-order valence-corrected chi connectivity index (χ2v) is 7.86. The molecule has 0 saturated heterocycles. The summed E-state index contributed by atoms with van der Waals surface area (Å²) in [6, 6.07) is 9.09. The highest BCUT2D eigenvalue weighted by Crippen LogP contribution is 2.34. The van der Waals surface area contributed by atoms with Crippen LogP contribution in [0.25, 0.3) is 0 Å². The molecule has 2 aromatic rings. The number of carbonyl (C=O) groups is 1. The molecule has 0 aromatic heterocycles. The number of nitrogens with zero attached hydrogens (tertiary/aromatic N) is 1. The van der Waals surface area contributed by atoms with Gasteiger partial charge in [-0.25, -0.2) is 5.43 Å². The zero-order valence-electron chi connectivity index (χ0n) is 13.6. The Balaban J connectivity index is 1.94. The molecule has 5 nitrogen and oxygen atoms in total. The molecule has 2 aromatic carbocycles. The first-order valence-corrected chi connectivity index (χ1v) is 9.92. The number of rotatable bonds is 7. The third-order valence-corrected chi connectivity index (χ3v) is 5.05. The second kappa shape index (κ2) is 9.89. The number of phenolic OH excluding ortho intramolecular Hbond substituents is 1. The number of allylic oxidation sites excluding steroid dienone is 1. The van der Waals surface area contributed by atoms with E-state index in [0.717, 1.165) is 24.7 Å². The minimum atomic E-state index is -0.315. The molecule has 0 aliphatic carbocycles. The summed E-state index contributed by atoms with van der Waals surface area (Å²) >= 11 is 10.3. The number of benzene rings is 2. The van der Waals surface area contributed by atoms with Gasteiger partial charge in [-0.05, 0) is 62.0 Å². The van der Waals surface area contributed by atoms with Gasteiger partial charge in [0.05, 0.1) is 18.4 Å². The molecule has 0 fully saturated rings. The largest absolute Gasteiger partial charge is 0.507 e. The van der Waals surface area contributed by atoms with Gasteiger partial charge in [-0.3, -0.25) is 4.79 Å². The Kier molecular flexibility index (Phi) is 7.86. The van der Waals surface area contributed by atoms with Crippen molar-refractivity contribution in [2.75, 3.05) is 11.9 Å². The van der Waals surface area contributed by atoms with Gasteiger partial charge in [-0.2, -0.15) is 5.10 Å². The van der Waals surface area contributed by atoms with Crippen molar-refractivity contribution in [1.29, 1.82) is 0 Å². The Hall–Kier alpha value is -1.64. The monoisotopic (exact) mass is 543 g/mol. The minimum Gasteiger partial charge on any atom is -0.507 e. The van der Waals surface area contributed by atoms with Gasteiger partial charge in [0.25, 0.3) is 5.91 Å². The fraction of sp³-hybridized carbons (Fsp3) is 0.111. The number of halogens is 3. The number of hydrogen-bond donors (Lipinski definition) is 3. The summed E-state index contributed by atoms with van der Waals surface area (Å²) < 4.78 is 2.55. The molecule has 0 aliphatic rings. The van der Waals surface area contributed by atoms with E-state index in [1.807, 2.05) is 24.3 Å². The van der Waals surface area contributed by atoms with Gasteiger partial charge in [0, 0.05) is 19.0 Å². The minimum absolute atomic E-state index is 0.0403. The van der Waals surface area contributed by atoms with E-state index in [-0.39, 0.29) is 18.2 Å². The average Bonchev–Trinajstić information content (AvgIpc) is 2.57. The number of hydrazone groups is 1. The Morgan fingerprint density at radius 2 is 1.92 bits per heavy atom. The molecule has 136 valence electrons. The fourth-order valence-corrected chi connectivity index (χ4v) is 4.67. The topological polar surface area (TPSA) is 73.7 Å². The van der Waals surface area contributed by atoms with Crippen molar-refractivity contribution in [3.8, 4) is 5.75 Å². The number of phenols is 1. The number of nitrogens with one attached hydrogen (secondary N) is 2. The lowest BCUT2D eigenvalue weighted by atomic mass is 10.1. The standard InChI is InChI=1S/C18H16Br3N3O2/c1-2-4-11-5-3-6-12(18(11)26)9-23-24-16(25)10-22-17-14(20)7-13(19)8-15(17)21/h2-3,5-9,22,26H,1,4,10H2,(H,24,25)/b23-9+. The van der Waals surface area contributed by atoms with Crippen LogP contribution in [-0.4, -0.2) is 23.8 Å². The van der Waals surface area contributed by atoms with Crippen LogP contribution in [0.1, 0.15) is 11.1 Å². The van der Waals surface area contributed by atoms with Crippen molar-refractivity contribution in [1.82, 2.24) is 5.43 Å². The van der Waals surface area contributed by atoms with Crippen LogP contribution in [-0.2, 0) is 11.2 Å². The maximum absolute atomic E-state index is 11.9. The summed E-state index contributed by atoms with van der Waals surface area (Å²) in [5.41, 5.74) is 4.47. The lowest BCUT2D eigenvalue weighted by Gasteiger charge is -2.10. The quantitative estimate of drug-likeness (QED) is 0.261. The molecule has 0 heterocycles. The molecule has 0 atom stereocenters. The van der Waals surface area contributed by atoms with Crippen LogP contribution in [0, 0.1) is 0 Å². The van der Waals surface area contributed by atoms with E-state index in [2.05, 4.69) is 70.2 Å². The Bertz CT molecular complexity index is 831. The fourth-order valence-electron chi connectivity index (χ4n) is 2.13. The van der Waals surface area contributed by atoms with Crippen LogP contribution in [0.15, 0.2) is 61.5 Å². The van der Waals surface area contributed by atoms with Crippen LogP contribution in [0.5, 0.6) is 5.75 Å². The van der Waals surface area contributed by atoms with Crippen LogP contribution in [0.3, 0.4) is 0 Å². The number of amides is 1. The Labute approximate surface area is 177 Å². The molecule has 3 N–H and O–H groups in total. The first-order chi connectivity index (χ1) is 12.4. The third-order valence-electron chi connectivity index (χ3n) is 3.34. The number of carbonyl (C=O) groups excluding carboxylic acids is 1. The third kappa shape index (κ3) is 5.69. The lowest BCUT2D eigenvalue weighted by Crippen LogP contribution is -2.26. The summed E-state index contributed by atoms with van der Waals surface area (Å²) in [5, 5.41) is 17.1. The molecule has 2 rings (SSSR count). The van der Waals surface area contributed by atoms with Gasteiger partial charge in [-0.15, -0.1) is 6.58 Å². The molecule has 8 heteroatoms. The van der Waals surface area contributed by atoms with Gasteiger partial charge in [0.15, 0.2) is 0 Å². The van der Waals surface area contributed by atoms with E-state index in [1.54, 1.807) is 12.1 Å². The van der Waals surface area contributed by atoms with Crippen molar-refractivity contribution >= 4 is 65.6 Å². The normalized spacial score (nSPS) is 10.7. The van der Waals surface area contributed by atoms with Crippen molar-refractivity contribution in [2.24, 2.45) is 5.10 Å². The molecule has 0 radical (unpaired) electrons. The van der Waals surface area contributed by atoms with Gasteiger partial charge in [-0.1, -0.05) is 34.1 Å². The number of para-hydroxylation sites is 1. The summed E-state index contributed by atoms with van der Waals surface area (Å²) in [6.07, 6.45) is 3.67. The van der Waals surface area contributed by atoms with Gasteiger partial charge in [0.1, 0.15) is 5.75 Å². The van der Waals surface area contributed by atoms with Crippen molar-refractivity contribution in [3.05, 3.63) is 67.5 Å². The zero-order valence-corrected chi connectivity index (χ0v) is 18.4. The number of anilines is 1. The Morgan fingerprint density at radius 3 is 2.58 bits per heavy atom. The van der Waals surface area contributed by atoms with Crippen molar-refractivity contribution in [3.63, 3.8) is 0 Å². The maximum Gasteiger partial charge on any atom is 0.259 e. The molecule has 0 unspecified atom stereocenters. The summed E-state index contributed by atoms with van der Waals surface area (Å²) in [5.74, 6) is -0.184. The first kappa shape index (κ1) is 20.7. The van der Waals surface area contributed by atoms with Crippen LogP contribution in [0.2, 0.25) is 0 Å². The molecule has 0 bridgehead atoms. The lowest BCUT2D eigenvalue weighted by molar-refractivity contribution is -0.119. The van der Waals surface area contributed by atoms with Gasteiger partial charge >= 0.3 is 0 Å². The molecular formula is C18H16Br3N3O2. The first-order valence-electron chi connectivity index (χ1n) is 7.54. The molecule has 26 heavy (non-hydrogen) atoms. The maximum atomic E-state index is 11.9. The average molecular weight is 546 g/mol. The number of hydrogen-bond acceptors (Lipinski definition) is 4. The second-order valence-electron chi connectivity index (χ2n) is 5.24. The predicted molar refractivity (Wildman–Crippen MR) is 116 cm³/mol.